The summed E-state index contributed by atoms with van der Waals surface area (Å²) < 4.78 is 131. The molecule has 4 aromatic rings. The highest BCUT2D eigenvalue weighted by molar-refractivity contribution is 7.55. The lowest BCUT2D eigenvalue weighted by Gasteiger charge is -2.36. The number of benzene rings is 4. The largest absolute Gasteiger partial charge is 0.459 e. The quantitative estimate of drug-likeness (QED) is 0.0349. The van der Waals surface area contributed by atoms with Crippen molar-refractivity contribution < 1.29 is 63.5 Å². The molecule has 0 heterocycles. The Labute approximate surface area is 373 Å². The van der Waals surface area contributed by atoms with Crippen molar-refractivity contribution in [3.63, 3.8) is 0 Å². The zero-order valence-corrected chi connectivity index (χ0v) is 39.8. The number of rotatable bonds is 21. The Morgan fingerprint density at radius 1 is 0.594 bits per heavy atom. The van der Waals surface area contributed by atoms with E-state index in [0.29, 0.717) is 16.7 Å². The molecular weight excluding hydrogens is 877 g/mol. The van der Waals surface area contributed by atoms with E-state index in [4.69, 9.17) is 22.8 Å². The third-order valence-electron chi connectivity index (χ3n) is 9.81. The second-order valence-electron chi connectivity index (χ2n) is 17.7. The smallest absolute Gasteiger partial charge is 0.405 e. The van der Waals surface area contributed by atoms with Crippen LogP contribution in [-0.4, -0.2) is 42.3 Å². The van der Waals surface area contributed by atoms with Crippen molar-refractivity contribution in [2.45, 2.75) is 129 Å². The van der Waals surface area contributed by atoms with Crippen LogP contribution < -0.4 is 0 Å². The molecule has 0 aliphatic rings. The van der Waals surface area contributed by atoms with Crippen molar-refractivity contribution in [3.05, 3.63) is 142 Å². The maximum atomic E-state index is 16.4. The highest BCUT2D eigenvalue weighted by Crippen LogP contribution is 2.70. The minimum absolute atomic E-state index is 0.0885. The van der Waals surface area contributed by atoms with Crippen molar-refractivity contribution in [2.75, 3.05) is 13.2 Å². The summed E-state index contributed by atoms with van der Waals surface area (Å²) in [5.74, 6) is -1.62. The van der Waals surface area contributed by atoms with Gasteiger partial charge in [-0.3, -0.25) is 23.0 Å². The number of Topliss-reactive ketones (excluding diaryl/α,β-unsaturated/α-hetero) is 1. The molecule has 0 fully saturated rings. The van der Waals surface area contributed by atoms with Crippen LogP contribution >= 0.6 is 15.2 Å². The topological polar surface area (TPSA) is 114 Å². The van der Waals surface area contributed by atoms with Crippen molar-refractivity contribution in [2.24, 2.45) is 0 Å². The molecule has 0 spiro atoms. The number of hydrogen-bond donors (Lipinski definition) is 0. The monoisotopic (exact) mass is 936 g/mol. The molecule has 1 atom stereocenters. The van der Waals surface area contributed by atoms with E-state index in [1.54, 1.807) is 26.0 Å². The van der Waals surface area contributed by atoms with E-state index in [-0.39, 0.29) is 50.0 Å². The van der Waals surface area contributed by atoms with Gasteiger partial charge in [-0.05, 0) is 148 Å². The predicted octanol–water partition coefficient (Wildman–Crippen LogP) is 14.0. The number of ketones is 1. The van der Waals surface area contributed by atoms with Gasteiger partial charge < -0.3 is 13.8 Å². The Morgan fingerprint density at radius 2 is 1.02 bits per heavy atom. The molecule has 0 aliphatic heterocycles. The third kappa shape index (κ3) is 12.6. The Morgan fingerprint density at radius 3 is 1.45 bits per heavy atom. The Balaban J connectivity index is 1.82. The van der Waals surface area contributed by atoms with E-state index in [0.717, 1.165) is 36.4 Å². The zero-order chi connectivity index (χ0) is 47.9. The van der Waals surface area contributed by atoms with Gasteiger partial charge in [0.25, 0.3) is 0 Å². The summed E-state index contributed by atoms with van der Waals surface area (Å²) in [6.45, 7) is 14.7. The summed E-state index contributed by atoms with van der Waals surface area (Å²) in [4.78, 5) is 27.9. The molecule has 0 aromatic heterocycles. The maximum absolute atomic E-state index is 16.4. The first-order valence-corrected chi connectivity index (χ1v) is 24.2. The number of carbonyl (C=O) groups is 2. The van der Waals surface area contributed by atoms with Crippen LogP contribution in [0.1, 0.15) is 131 Å². The Bertz CT molecular complexity index is 2260. The molecule has 0 saturated heterocycles. The fourth-order valence-electron chi connectivity index (χ4n) is 7.09. The molecule has 0 saturated carbocycles. The maximum Gasteiger partial charge on any atom is 0.405 e. The highest BCUT2D eigenvalue weighted by atomic mass is 31.2. The van der Waals surface area contributed by atoms with E-state index >= 15 is 22.4 Å². The number of esters is 1. The van der Waals surface area contributed by atoms with Crippen LogP contribution in [0.25, 0.3) is 0 Å². The summed E-state index contributed by atoms with van der Waals surface area (Å²) >= 11 is 0. The van der Waals surface area contributed by atoms with Gasteiger partial charge in [-0.2, -0.15) is 17.6 Å². The van der Waals surface area contributed by atoms with Crippen LogP contribution in [0.4, 0.5) is 22.0 Å². The van der Waals surface area contributed by atoms with Gasteiger partial charge in [-0.1, -0.05) is 60.7 Å². The summed E-state index contributed by atoms with van der Waals surface area (Å²) in [5, 5.41) is 0. The first kappa shape index (κ1) is 52.6. The molecule has 0 bridgehead atoms. The fourth-order valence-corrected chi connectivity index (χ4v) is 10.8. The van der Waals surface area contributed by atoms with Gasteiger partial charge in [-0.25, -0.2) is 9.18 Å². The molecule has 0 aliphatic carbocycles. The minimum Gasteiger partial charge on any atom is -0.459 e. The van der Waals surface area contributed by atoms with Gasteiger partial charge >= 0.3 is 32.5 Å². The van der Waals surface area contributed by atoms with Crippen LogP contribution in [0.5, 0.6) is 0 Å². The summed E-state index contributed by atoms with van der Waals surface area (Å²) in [7, 11) is -10.0. The van der Waals surface area contributed by atoms with E-state index in [1.807, 2.05) is 0 Å². The molecular formula is C48H59F5O9P2. The SMILES string of the molecule is CCOP(=O)(OCC)C(F)(F)c1ccc(CCCC(Cc2ccc(C(F)(F)P(=O)(OC(C)(C)C)OC(C)(C)C)cc2)(C(=O)c2ccc(F)cc2)c2ccc(C(=O)OC(C)C)cc2)cc1. The van der Waals surface area contributed by atoms with Crippen LogP contribution in [0.3, 0.4) is 0 Å². The van der Waals surface area contributed by atoms with Crippen molar-refractivity contribution >= 4 is 26.9 Å². The van der Waals surface area contributed by atoms with Crippen molar-refractivity contribution in [1.82, 2.24) is 0 Å². The van der Waals surface area contributed by atoms with Gasteiger partial charge in [-0.15, -0.1) is 0 Å². The number of alkyl halides is 4. The molecule has 4 aromatic carbocycles. The number of aryl methyl sites for hydroxylation is 1. The van der Waals surface area contributed by atoms with Crippen LogP contribution in [-0.2, 0) is 61.5 Å². The molecule has 1 unspecified atom stereocenters. The van der Waals surface area contributed by atoms with Gasteiger partial charge in [0.2, 0.25) is 0 Å². The summed E-state index contributed by atoms with van der Waals surface area (Å²) in [6, 6.07) is 21.4. The van der Waals surface area contributed by atoms with Gasteiger partial charge in [0.05, 0.1) is 41.5 Å². The second-order valence-corrected chi connectivity index (χ2v) is 21.7. The molecule has 16 heteroatoms. The van der Waals surface area contributed by atoms with Gasteiger partial charge in [0.15, 0.2) is 5.78 Å². The van der Waals surface area contributed by atoms with Gasteiger partial charge in [0.1, 0.15) is 5.82 Å². The number of carbonyl (C=O) groups excluding carboxylic acids is 2. The lowest BCUT2D eigenvalue weighted by molar-refractivity contribution is -0.0213. The summed E-state index contributed by atoms with van der Waals surface area (Å²) in [5.41, 5.74) is -11.5. The lowest BCUT2D eigenvalue weighted by Crippen LogP contribution is -2.39. The van der Waals surface area contributed by atoms with E-state index in [9.17, 15) is 18.3 Å². The Hall–Kier alpha value is -4.03. The average Bonchev–Trinajstić information content (AvgIpc) is 3.19. The fraction of sp³-hybridized carbons (Fsp3) is 0.458. The molecule has 0 radical (unpaired) electrons. The summed E-state index contributed by atoms with van der Waals surface area (Å²) in [6.07, 6.45) is 0.125. The lowest BCUT2D eigenvalue weighted by atomic mass is 9.67. The first-order chi connectivity index (χ1) is 29.6. The van der Waals surface area contributed by atoms with Crippen molar-refractivity contribution in [1.29, 1.82) is 0 Å². The molecule has 4 rings (SSSR count). The molecule has 350 valence electrons. The normalized spacial score (nSPS) is 14.1. The zero-order valence-electron chi connectivity index (χ0n) is 38.0. The second kappa shape index (κ2) is 20.6. The van der Waals surface area contributed by atoms with Crippen molar-refractivity contribution in [3.8, 4) is 0 Å². The molecule has 0 N–H and O–H groups in total. The number of halogens is 5. The van der Waals surface area contributed by atoms with E-state index in [1.165, 1.54) is 104 Å². The minimum atomic E-state index is -5.17. The number of hydrogen-bond acceptors (Lipinski definition) is 9. The van der Waals surface area contributed by atoms with E-state index in [2.05, 4.69) is 0 Å². The first-order valence-electron chi connectivity index (χ1n) is 21.1. The van der Waals surface area contributed by atoms with E-state index < -0.39 is 77.9 Å². The average molecular weight is 937 g/mol. The third-order valence-corrected chi connectivity index (χ3v) is 14.5. The highest BCUT2D eigenvalue weighted by Gasteiger charge is 2.58. The molecule has 0 amide bonds. The molecule has 64 heavy (non-hydrogen) atoms. The standard InChI is InChI=1S/C48H59F5O9P2/c1-11-58-63(56,59-12-2)47(50,51)39-23-15-34(16-24-39)14-13-31-46(42(54)36-21-29-41(49)30-22-36,38-27-19-37(20-28-38)43(55)60-33(3)4)32-35-17-25-40(26-18-35)48(52,53)64(57,61-44(5,6)7)62-45(8,9)10/h15-30,33H,11-14,31-32H2,1-10H3. The Kier molecular flexibility index (Phi) is 17.0. The van der Waals surface area contributed by atoms with Gasteiger partial charge in [0, 0.05) is 16.7 Å². The van der Waals surface area contributed by atoms with Crippen LogP contribution in [0.15, 0.2) is 97.1 Å². The van der Waals surface area contributed by atoms with Crippen LogP contribution in [0, 0.1) is 5.82 Å². The predicted molar refractivity (Wildman–Crippen MR) is 237 cm³/mol. The van der Waals surface area contributed by atoms with Crippen LogP contribution in [0.2, 0.25) is 0 Å². The number of ether oxygens (including phenoxy) is 1. The molecule has 9 nitrogen and oxygen atoms in total.